The van der Waals surface area contributed by atoms with Crippen molar-refractivity contribution in [3.63, 3.8) is 0 Å². The van der Waals surface area contributed by atoms with Gasteiger partial charge in [-0.2, -0.15) is 0 Å². The Morgan fingerprint density at radius 2 is 2.00 bits per heavy atom. The average Bonchev–Trinajstić information content (AvgIpc) is 3.35. The zero-order chi connectivity index (χ0) is 22.0. The maximum atomic E-state index is 9.60. The molecule has 0 atom stereocenters. The number of hydrogen-bond acceptors (Lipinski definition) is 6. The summed E-state index contributed by atoms with van der Waals surface area (Å²) in [5.74, 6) is 1.80. The van der Waals surface area contributed by atoms with E-state index in [4.69, 9.17) is 11.6 Å². The van der Waals surface area contributed by atoms with E-state index in [0.717, 1.165) is 38.8 Å². The molecule has 2 aliphatic heterocycles. The van der Waals surface area contributed by atoms with E-state index < -0.39 is 0 Å². The first-order valence-electron chi connectivity index (χ1n) is 9.79. The van der Waals surface area contributed by atoms with Crippen LogP contribution >= 0.6 is 11.6 Å². The minimum atomic E-state index is -0.318. The first-order chi connectivity index (χ1) is 14.8. The Morgan fingerprint density at radius 3 is 2.61 bits per heavy atom. The molecule has 5 rings (SSSR count). The highest BCUT2D eigenvalue weighted by atomic mass is 35.5. The summed E-state index contributed by atoms with van der Waals surface area (Å²) >= 11 is 6.00. The lowest BCUT2D eigenvalue weighted by molar-refractivity contribution is -0.138. The number of ether oxygens (including phenoxy) is 1. The molecule has 0 spiro atoms. The van der Waals surface area contributed by atoms with Crippen molar-refractivity contribution in [2.24, 2.45) is 0 Å². The van der Waals surface area contributed by atoms with Crippen LogP contribution in [0, 0.1) is 0 Å². The molecular weight excluding hydrogens is 414 g/mol. The molecule has 7 nitrogen and oxygen atoms in total. The predicted octanol–water partition coefficient (Wildman–Crippen LogP) is 5.02. The molecule has 158 valence electrons. The van der Waals surface area contributed by atoms with Crippen LogP contribution in [0.5, 0.6) is 0 Å². The van der Waals surface area contributed by atoms with E-state index in [-0.39, 0.29) is 5.60 Å². The van der Waals surface area contributed by atoms with E-state index in [9.17, 15) is 4.79 Å². The molecule has 0 amide bonds. The zero-order valence-corrected chi connectivity index (χ0v) is 18.2. The van der Waals surface area contributed by atoms with Gasteiger partial charge in [0.05, 0.1) is 17.2 Å². The zero-order valence-electron chi connectivity index (χ0n) is 17.5. The summed E-state index contributed by atoms with van der Waals surface area (Å²) in [6, 6.07) is 13.9. The van der Waals surface area contributed by atoms with Gasteiger partial charge in [-0.3, -0.25) is 9.78 Å². The number of carbonyl (C=O) groups excluding carboxylic acids is 1. The van der Waals surface area contributed by atoms with Crippen LogP contribution in [0.2, 0.25) is 5.02 Å². The number of benzene rings is 2. The Kier molecular flexibility index (Phi) is 5.61. The Hall–Kier alpha value is -3.45. The lowest BCUT2D eigenvalue weighted by Gasteiger charge is -2.14. The molecule has 1 N–H and O–H groups in total. The van der Waals surface area contributed by atoms with Crippen molar-refractivity contribution in [3.05, 3.63) is 65.4 Å². The minimum Gasteiger partial charge on any atom is -0.462 e. The maximum absolute atomic E-state index is 9.60. The van der Waals surface area contributed by atoms with E-state index in [0.29, 0.717) is 13.0 Å². The van der Waals surface area contributed by atoms with Crippen molar-refractivity contribution in [3.8, 4) is 16.9 Å². The Bertz CT molecular complexity index is 1250. The van der Waals surface area contributed by atoms with Gasteiger partial charge in [0.2, 0.25) is 0 Å². The predicted molar refractivity (Wildman–Crippen MR) is 121 cm³/mol. The number of carbonyl (C=O) groups is 1. The van der Waals surface area contributed by atoms with Crippen molar-refractivity contribution in [1.29, 1.82) is 0 Å². The second kappa shape index (κ2) is 8.35. The number of anilines is 1. The highest BCUT2D eigenvalue weighted by Gasteiger charge is 2.24. The van der Waals surface area contributed by atoms with Crippen molar-refractivity contribution in [2.75, 3.05) is 5.32 Å². The third-order valence-electron chi connectivity index (χ3n) is 4.49. The summed E-state index contributed by atoms with van der Waals surface area (Å²) in [5, 5.41) is 8.20. The maximum Gasteiger partial charge on any atom is 0.293 e. The molecular formula is C23H22ClN5O2. The van der Waals surface area contributed by atoms with Gasteiger partial charge in [-0.15, -0.1) is 5.10 Å². The Balaban J connectivity index is 0.000000289. The second-order valence-corrected chi connectivity index (χ2v) is 8.52. The average molecular weight is 436 g/mol. The molecule has 3 aromatic rings. The molecule has 2 aliphatic rings. The van der Waals surface area contributed by atoms with Gasteiger partial charge < -0.3 is 10.1 Å². The highest BCUT2D eigenvalue weighted by molar-refractivity contribution is 6.30. The van der Waals surface area contributed by atoms with Gasteiger partial charge in [-0.1, -0.05) is 29.8 Å². The second-order valence-electron chi connectivity index (χ2n) is 8.08. The summed E-state index contributed by atoms with van der Waals surface area (Å²) in [5.41, 5.74) is 4.82. The van der Waals surface area contributed by atoms with Crippen LogP contribution in [0.1, 0.15) is 26.3 Å². The quantitative estimate of drug-likeness (QED) is 0.390. The topological polar surface area (TPSA) is 81.9 Å². The molecule has 0 saturated heterocycles. The van der Waals surface area contributed by atoms with Crippen molar-refractivity contribution < 1.29 is 9.53 Å². The van der Waals surface area contributed by atoms with E-state index in [1.54, 1.807) is 6.20 Å². The molecule has 1 aromatic heterocycles. The molecule has 0 bridgehead atoms. The number of rotatable bonds is 5. The lowest BCUT2D eigenvalue weighted by Crippen LogP contribution is -2.17. The lowest BCUT2D eigenvalue weighted by atomic mass is 10.1. The fourth-order valence-electron chi connectivity index (χ4n) is 2.91. The Morgan fingerprint density at radius 1 is 1.16 bits per heavy atom. The molecule has 0 unspecified atom stereocenters. The first kappa shape index (κ1) is 20.8. The summed E-state index contributed by atoms with van der Waals surface area (Å²) in [6.07, 6.45) is 3.78. The monoisotopic (exact) mass is 435 g/mol. The standard InChI is InChI=1S/C18H12ClN5.C5H10O2/c19-13-3-1-2-11(6-13)8-21-17-9-20-16-7-12(4-5-15(16)22-17)14-10-24-18(14)23-24;1-5(2,3)7-4-6/h1-7,9-10H,8H2,(H,21,22);4H,1-3H3. The minimum absolute atomic E-state index is 0.318. The number of nitrogens with zero attached hydrogens (tertiary/aromatic N) is 4. The van der Waals surface area contributed by atoms with Crippen LogP contribution in [0.3, 0.4) is 0 Å². The van der Waals surface area contributed by atoms with Gasteiger partial charge in [0.1, 0.15) is 11.4 Å². The van der Waals surface area contributed by atoms with E-state index >= 15 is 0 Å². The number of nitrogens with one attached hydrogen (secondary N) is 1. The number of hydrogen-bond donors (Lipinski definition) is 1. The molecule has 8 heteroatoms. The van der Waals surface area contributed by atoms with E-state index in [1.165, 1.54) is 5.56 Å². The van der Waals surface area contributed by atoms with Crippen LogP contribution < -0.4 is 5.32 Å². The number of halogens is 1. The first-order valence-corrected chi connectivity index (χ1v) is 10.2. The summed E-state index contributed by atoms with van der Waals surface area (Å²) in [7, 11) is 0. The Labute approximate surface area is 185 Å². The van der Waals surface area contributed by atoms with Crippen LogP contribution in [-0.2, 0) is 16.1 Å². The third kappa shape index (κ3) is 5.19. The van der Waals surface area contributed by atoms with Crippen molar-refractivity contribution >= 4 is 34.9 Å². The number of aromatic nitrogens is 4. The van der Waals surface area contributed by atoms with Crippen LogP contribution in [0.4, 0.5) is 5.82 Å². The van der Waals surface area contributed by atoms with Crippen LogP contribution in [0.25, 0.3) is 28.0 Å². The molecule has 3 heterocycles. The third-order valence-corrected chi connectivity index (χ3v) is 4.72. The molecule has 0 fully saturated rings. The van der Waals surface area contributed by atoms with Crippen molar-refractivity contribution in [1.82, 2.24) is 19.7 Å². The summed E-state index contributed by atoms with van der Waals surface area (Å²) < 4.78 is 6.42. The van der Waals surface area contributed by atoms with Gasteiger partial charge in [0.25, 0.3) is 6.47 Å². The number of fused-ring (bicyclic) bond motifs is 2. The molecule has 2 aromatic carbocycles. The van der Waals surface area contributed by atoms with Gasteiger partial charge in [-0.05, 0) is 56.2 Å². The summed E-state index contributed by atoms with van der Waals surface area (Å²) in [4.78, 5) is 18.7. The van der Waals surface area contributed by atoms with E-state index in [2.05, 4.69) is 31.2 Å². The molecule has 31 heavy (non-hydrogen) atoms. The smallest absolute Gasteiger partial charge is 0.293 e. The van der Waals surface area contributed by atoms with Gasteiger partial charge >= 0.3 is 0 Å². The van der Waals surface area contributed by atoms with E-state index in [1.807, 2.05) is 68.0 Å². The van der Waals surface area contributed by atoms with Crippen LogP contribution in [-0.4, -0.2) is 31.8 Å². The normalized spacial score (nSPS) is 11.5. The van der Waals surface area contributed by atoms with Gasteiger partial charge in [-0.25, -0.2) is 9.67 Å². The van der Waals surface area contributed by atoms with Crippen LogP contribution in [0.15, 0.2) is 54.9 Å². The summed E-state index contributed by atoms with van der Waals surface area (Å²) in [6.45, 7) is 6.57. The SMILES string of the molecule is CC(C)(C)OC=O.Clc1cccc(CNc2cnc3cc(-c4cn5nc4-5)ccc3n2)c1. The van der Waals surface area contributed by atoms with Gasteiger partial charge in [0, 0.05) is 23.3 Å². The van der Waals surface area contributed by atoms with Crippen molar-refractivity contribution in [2.45, 2.75) is 32.9 Å². The molecule has 0 radical (unpaired) electrons. The fourth-order valence-corrected chi connectivity index (χ4v) is 3.12. The molecule has 0 aliphatic carbocycles. The highest BCUT2D eigenvalue weighted by Crippen LogP contribution is 2.35. The molecule has 0 saturated carbocycles. The van der Waals surface area contributed by atoms with Gasteiger partial charge in [0.15, 0.2) is 5.82 Å². The fraction of sp³-hybridized carbons (Fsp3) is 0.217. The largest absolute Gasteiger partial charge is 0.462 e.